The highest BCUT2D eigenvalue weighted by Gasteiger charge is 2.28. The van der Waals surface area contributed by atoms with Crippen molar-refractivity contribution in [2.75, 3.05) is 25.4 Å². The van der Waals surface area contributed by atoms with E-state index in [0.717, 1.165) is 23.3 Å². The summed E-state index contributed by atoms with van der Waals surface area (Å²) in [4.78, 5) is 12.1. The molecule has 1 fully saturated rings. The van der Waals surface area contributed by atoms with Crippen LogP contribution in [0.2, 0.25) is 0 Å². The van der Waals surface area contributed by atoms with Gasteiger partial charge in [0.05, 0.1) is 5.75 Å². The van der Waals surface area contributed by atoms with Crippen molar-refractivity contribution in [3.63, 3.8) is 0 Å². The van der Waals surface area contributed by atoms with Crippen molar-refractivity contribution >= 4 is 15.9 Å². The fraction of sp³-hybridized carbons (Fsp3) is 0.632. The third-order valence-electron chi connectivity index (χ3n) is 4.88. The van der Waals surface area contributed by atoms with Crippen LogP contribution in [0.4, 0.5) is 0 Å². The van der Waals surface area contributed by atoms with Crippen molar-refractivity contribution in [1.82, 2.24) is 9.62 Å². The number of nitrogens with one attached hydrogen (secondary N) is 1. The van der Waals surface area contributed by atoms with Gasteiger partial charge in [-0.05, 0) is 50.3 Å². The molecule has 0 aliphatic carbocycles. The monoisotopic (exact) mass is 382 g/mol. The summed E-state index contributed by atoms with van der Waals surface area (Å²) in [5.41, 5.74) is 2.16. The predicted octanol–water partition coefficient (Wildman–Crippen LogP) is 2.39. The average Bonchev–Trinajstić information content (AvgIpc) is 2.62. The number of ether oxygens (including phenoxy) is 1. The Labute approximate surface area is 157 Å². The zero-order valence-corrected chi connectivity index (χ0v) is 16.8. The van der Waals surface area contributed by atoms with Crippen molar-refractivity contribution in [3.8, 4) is 5.75 Å². The molecule has 0 saturated carbocycles. The van der Waals surface area contributed by atoms with E-state index in [9.17, 15) is 13.2 Å². The molecule has 2 rings (SSSR count). The molecular weight excluding hydrogens is 352 g/mol. The lowest BCUT2D eigenvalue weighted by Crippen LogP contribution is -2.47. The highest BCUT2D eigenvalue weighted by Crippen LogP contribution is 2.20. The van der Waals surface area contributed by atoms with Gasteiger partial charge in [-0.1, -0.05) is 25.5 Å². The molecule has 1 aromatic rings. The molecule has 1 heterocycles. The number of rotatable bonds is 8. The van der Waals surface area contributed by atoms with E-state index >= 15 is 0 Å². The van der Waals surface area contributed by atoms with Gasteiger partial charge in [0.25, 0.3) is 5.91 Å². The number of hydrogen-bond donors (Lipinski definition) is 1. The third-order valence-corrected chi connectivity index (χ3v) is 6.84. The summed E-state index contributed by atoms with van der Waals surface area (Å²) in [6.07, 6.45) is 2.84. The van der Waals surface area contributed by atoms with Crippen molar-refractivity contribution in [2.24, 2.45) is 0 Å². The van der Waals surface area contributed by atoms with Crippen LogP contribution in [0.25, 0.3) is 0 Å². The molecule has 0 aromatic heterocycles. The lowest BCUT2D eigenvalue weighted by Gasteiger charge is -2.31. The molecule has 0 unspecified atom stereocenters. The van der Waals surface area contributed by atoms with E-state index in [4.69, 9.17) is 4.74 Å². The molecule has 6 nitrogen and oxygen atoms in total. The minimum absolute atomic E-state index is 0.00216. The molecule has 0 spiro atoms. The summed E-state index contributed by atoms with van der Waals surface area (Å²) in [5, 5.41) is 2.95. The third kappa shape index (κ3) is 5.71. The fourth-order valence-corrected chi connectivity index (χ4v) is 4.71. The van der Waals surface area contributed by atoms with Crippen LogP contribution in [0.5, 0.6) is 5.75 Å². The second-order valence-electron chi connectivity index (χ2n) is 6.90. The summed E-state index contributed by atoms with van der Waals surface area (Å²) in [7, 11) is -3.16. The van der Waals surface area contributed by atoms with Crippen LogP contribution in [-0.4, -0.2) is 50.1 Å². The van der Waals surface area contributed by atoms with Gasteiger partial charge in [-0.15, -0.1) is 0 Å². The number of unbranched alkanes of at least 4 members (excludes halogenated alkanes) is 1. The molecule has 1 aliphatic rings. The Balaban J connectivity index is 1.77. The lowest BCUT2D eigenvalue weighted by molar-refractivity contribution is -0.124. The van der Waals surface area contributed by atoms with Crippen LogP contribution in [0.3, 0.4) is 0 Å². The Morgan fingerprint density at radius 3 is 2.62 bits per heavy atom. The molecule has 7 heteroatoms. The quantitative estimate of drug-likeness (QED) is 0.749. The van der Waals surface area contributed by atoms with Crippen LogP contribution in [0.15, 0.2) is 18.2 Å². The SMILES string of the molecule is CCCCS(=O)(=O)N1CCC(NC(=O)COc2cccc(C)c2C)CC1. The molecule has 26 heavy (non-hydrogen) atoms. The summed E-state index contributed by atoms with van der Waals surface area (Å²) >= 11 is 0. The molecule has 0 bridgehead atoms. The molecule has 146 valence electrons. The van der Waals surface area contributed by atoms with Gasteiger partial charge in [0.1, 0.15) is 5.75 Å². The van der Waals surface area contributed by atoms with Crippen molar-refractivity contribution in [1.29, 1.82) is 0 Å². The van der Waals surface area contributed by atoms with E-state index in [2.05, 4.69) is 5.32 Å². The summed E-state index contributed by atoms with van der Waals surface area (Å²) < 4.78 is 31.6. The van der Waals surface area contributed by atoms with Crippen LogP contribution in [0, 0.1) is 13.8 Å². The first-order valence-electron chi connectivity index (χ1n) is 9.29. The van der Waals surface area contributed by atoms with E-state index in [1.807, 2.05) is 39.0 Å². The van der Waals surface area contributed by atoms with E-state index in [1.165, 1.54) is 0 Å². The van der Waals surface area contributed by atoms with Crippen molar-refractivity contribution in [2.45, 2.75) is 52.5 Å². The molecule has 1 aromatic carbocycles. The molecule has 1 saturated heterocycles. The van der Waals surface area contributed by atoms with Gasteiger partial charge in [0.15, 0.2) is 6.61 Å². The maximum Gasteiger partial charge on any atom is 0.258 e. The molecule has 0 atom stereocenters. The highest BCUT2D eigenvalue weighted by atomic mass is 32.2. The predicted molar refractivity (Wildman–Crippen MR) is 103 cm³/mol. The number of aryl methyl sites for hydroxylation is 1. The smallest absolute Gasteiger partial charge is 0.258 e. The zero-order chi connectivity index (χ0) is 19.2. The highest BCUT2D eigenvalue weighted by molar-refractivity contribution is 7.89. The van der Waals surface area contributed by atoms with Gasteiger partial charge in [0, 0.05) is 19.1 Å². The van der Waals surface area contributed by atoms with Crippen LogP contribution < -0.4 is 10.1 Å². The minimum atomic E-state index is -3.16. The van der Waals surface area contributed by atoms with Crippen molar-refractivity contribution < 1.29 is 17.9 Å². The number of nitrogens with zero attached hydrogens (tertiary/aromatic N) is 1. The van der Waals surface area contributed by atoms with Gasteiger partial charge >= 0.3 is 0 Å². The maximum absolute atomic E-state index is 12.2. The lowest BCUT2D eigenvalue weighted by atomic mass is 10.1. The Morgan fingerprint density at radius 2 is 1.96 bits per heavy atom. The van der Waals surface area contributed by atoms with Gasteiger partial charge in [-0.25, -0.2) is 12.7 Å². The number of carbonyl (C=O) groups excluding carboxylic acids is 1. The number of hydrogen-bond acceptors (Lipinski definition) is 4. The average molecular weight is 383 g/mol. The van der Waals surface area contributed by atoms with Gasteiger partial charge in [-0.2, -0.15) is 0 Å². The number of benzene rings is 1. The van der Waals surface area contributed by atoms with Crippen LogP contribution >= 0.6 is 0 Å². The topological polar surface area (TPSA) is 75.7 Å². The van der Waals surface area contributed by atoms with Crippen LogP contribution in [0.1, 0.15) is 43.7 Å². The Morgan fingerprint density at radius 1 is 1.27 bits per heavy atom. The number of amides is 1. The molecule has 1 aliphatic heterocycles. The van der Waals surface area contributed by atoms with Gasteiger partial charge < -0.3 is 10.1 Å². The number of piperidine rings is 1. The van der Waals surface area contributed by atoms with Gasteiger partial charge in [0.2, 0.25) is 10.0 Å². The molecule has 1 amide bonds. The number of sulfonamides is 1. The maximum atomic E-state index is 12.2. The Hall–Kier alpha value is -1.60. The normalized spacial score (nSPS) is 16.4. The number of carbonyl (C=O) groups is 1. The Bertz CT molecular complexity index is 710. The minimum Gasteiger partial charge on any atom is -0.483 e. The summed E-state index contributed by atoms with van der Waals surface area (Å²) in [6.45, 7) is 6.86. The Kier molecular flexibility index (Phi) is 7.46. The van der Waals surface area contributed by atoms with E-state index in [-0.39, 0.29) is 24.3 Å². The summed E-state index contributed by atoms with van der Waals surface area (Å²) in [6, 6.07) is 5.77. The summed E-state index contributed by atoms with van der Waals surface area (Å²) in [5.74, 6) is 0.764. The molecule has 0 radical (unpaired) electrons. The van der Waals surface area contributed by atoms with E-state index < -0.39 is 10.0 Å². The molecular formula is C19H30N2O4S. The van der Waals surface area contributed by atoms with E-state index in [1.54, 1.807) is 4.31 Å². The second kappa shape index (κ2) is 9.37. The largest absolute Gasteiger partial charge is 0.483 e. The first kappa shape index (κ1) is 20.7. The van der Waals surface area contributed by atoms with Crippen LogP contribution in [-0.2, 0) is 14.8 Å². The first-order valence-corrected chi connectivity index (χ1v) is 10.9. The first-order chi connectivity index (χ1) is 12.3. The van der Waals surface area contributed by atoms with Gasteiger partial charge in [-0.3, -0.25) is 4.79 Å². The zero-order valence-electron chi connectivity index (χ0n) is 16.0. The molecule has 1 N–H and O–H groups in total. The fourth-order valence-electron chi connectivity index (χ4n) is 3.03. The standard InChI is InChI=1S/C19H30N2O4S/c1-4-5-13-26(23,24)21-11-9-17(10-12-21)20-19(22)14-25-18-8-6-7-15(2)16(18)3/h6-8,17H,4-5,9-14H2,1-3H3,(H,20,22). The second-order valence-corrected chi connectivity index (χ2v) is 8.99. The van der Waals surface area contributed by atoms with Crippen molar-refractivity contribution in [3.05, 3.63) is 29.3 Å². The van der Waals surface area contributed by atoms with E-state index in [0.29, 0.717) is 32.4 Å².